The van der Waals surface area contributed by atoms with Gasteiger partial charge in [0.25, 0.3) is 0 Å². The van der Waals surface area contributed by atoms with Crippen LogP contribution in [0.15, 0.2) is 59.5 Å². The smallest absolute Gasteiger partial charge is 0.241 e. The van der Waals surface area contributed by atoms with Gasteiger partial charge in [0, 0.05) is 23.7 Å². The molecule has 7 heteroatoms. The van der Waals surface area contributed by atoms with Gasteiger partial charge in [-0.05, 0) is 25.6 Å². The maximum atomic E-state index is 12.6. The van der Waals surface area contributed by atoms with Crippen molar-refractivity contribution in [3.8, 4) is 0 Å². The van der Waals surface area contributed by atoms with E-state index in [2.05, 4.69) is 10.0 Å². The Balaban J connectivity index is 0.00000312. The highest BCUT2D eigenvalue weighted by Crippen LogP contribution is 2.19. The molecular weight excluding hydrogens is 360 g/mol. The van der Waals surface area contributed by atoms with Crippen molar-refractivity contribution in [2.24, 2.45) is 0 Å². The van der Waals surface area contributed by atoms with Crippen LogP contribution in [-0.2, 0) is 10.0 Å². The first kappa shape index (κ1) is 21.3. The standard InChI is InChI=1S/C18H22N2O3S.ClH/c1-3-19-14(2)13-20-24(22,23)17-12-8-7-11-16(17)18(21)15-9-5-4-6-10-15;/h4-12,14,19-20H,3,13H2,1-2H3;1H/t14-;/m1./s1. The molecule has 0 unspecified atom stereocenters. The first-order chi connectivity index (χ1) is 11.5. The summed E-state index contributed by atoms with van der Waals surface area (Å²) >= 11 is 0. The molecule has 25 heavy (non-hydrogen) atoms. The van der Waals surface area contributed by atoms with Gasteiger partial charge in [0.15, 0.2) is 5.78 Å². The van der Waals surface area contributed by atoms with Crippen LogP contribution in [0.4, 0.5) is 0 Å². The maximum Gasteiger partial charge on any atom is 0.241 e. The fourth-order valence-electron chi connectivity index (χ4n) is 2.37. The van der Waals surface area contributed by atoms with Crippen LogP contribution in [0.25, 0.3) is 0 Å². The number of rotatable bonds is 8. The average Bonchev–Trinajstić information content (AvgIpc) is 2.60. The molecule has 2 aromatic rings. The van der Waals surface area contributed by atoms with Gasteiger partial charge in [0.1, 0.15) is 0 Å². The predicted molar refractivity (Wildman–Crippen MR) is 102 cm³/mol. The molecular formula is C18H23ClN2O3S. The van der Waals surface area contributed by atoms with E-state index < -0.39 is 10.0 Å². The van der Waals surface area contributed by atoms with Crippen LogP contribution in [0.1, 0.15) is 29.8 Å². The summed E-state index contributed by atoms with van der Waals surface area (Å²) in [6.07, 6.45) is 0. The quantitative estimate of drug-likeness (QED) is 0.688. The van der Waals surface area contributed by atoms with Crippen LogP contribution in [0.2, 0.25) is 0 Å². The highest BCUT2D eigenvalue weighted by molar-refractivity contribution is 7.89. The number of hydrogen-bond donors (Lipinski definition) is 2. The Morgan fingerprint density at radius 2 is 1.64 bits per heavy atom. The van der Waals surface area contributed by atoms with Crippen molar-refractivity contribution in [1.82, 2.24) is 10.0 Å². The largest absolute Gasteiger partial charge is 0.313 e. The molecule has 0 aliphatic rings. The number of benzene rings is 2. The highest BCUT2D eigenvalue weighted by atomic mass is 35.5. The zero-order chi connectivity index (χ0) is 17.6. The van der Waals surface area contributed by atoms with Crippen molar-refractivity contribution in [3.05, 3.63) is 65.7 Å². The summed E-state index contributed by atoms with van der Waals surface area (Å²) in [7, 11) is -3.77. The molecule has 2 rings (SSSR count). The van der Waals surface area contributed by atoms with E-state index in [1.807, 2.05) is 19.9 Å². The Labute approximate surface area is 155 Å². The summed E-state index contributed by atoms with van der Waals surface area (Å²) in [6.45, 7) is 4.86. The molecule has 1 atom stereocenters. The van der Waals surface area contributed by atoms with Crippen molar-refractivity contribution < 1.29 is 13.2 Å². The molecule has 0 spiro atoms. The second kappa shape index (κ2) is 9.68. The summed E-state index contributed by atoms with van der Waals surface area (Å²) < 4.78 is 27.8. The number of sulfonamides is 1. The summed E-state index contributed by atoms with van der Waals surface area (Å²) in [6, 6.07) is 14.9. The molecule has 136 valence electrons. The lowest BCUT2D eigenvalue weighted by Gasteiger charge is -2.15. The van der Waals surface area contributed by atoms with E-state index in [0.717, 1.165) is 6.54 Å². The van der Waals surface area contributed by atoms with E-state index in [-0.39, 0.29) is 41.2 Å². The van der Waals surface area contributed by atoms with Crippen molar-refractivity contribution in [3.63, 3.8) is 0 Å². The van der Waals surface area contributed by atoms with Crippen molar-refractivity contribution in [1.29, 1.82) is 0 Å². The Bertz CT molecular complexity index is 795. The van der Waals surface area contributed by atoms with Gasteiger partial charge < -0.3 is 5.32 Å². The van der Waals surface area contributed by atoms with Crippen LogP contribution in [-0.4, -0.2) is 33.3 Å². The molecule has 2 N–H and O–H groups in total. The van der Waals surface area contributed by atoms with Crippen LogP contribution >= 0.6 is 12.4 Å². The van der Waals surface area contributed by atoms with Gasteiger partial charge in [-0.1, -0.05) is 49.4 Å². The van der Waals surface area contributed by atoms with Crippen molar-refractivity contribution in [2.75, 3.05) is 13.1 Å². The summed E-state index contributed by atoms with van der Waals surface area (Å²) in [5.74, 6) is -0.309. The highest BCUT2D eigenvalue weighted by Gasteiger charge is 2.23. The van der Waals surface area contributed by atoms with Gasteiger partial charge in [-0.25, -0.2) is 13.1 Å². The van der Waals surface area contributed by atoms with Crippen LogP contribution in [0.5, 0.6) is 0 Å². The van der Waals surface area contributed by atoms with E-state index in [9.17, 15) is 13.2 Å². The molecule has 0 amide bonds. The normalized spacial score (nSPS) is 12.2. The van der Waals surface area contributed by atoms with Crippen LogP contribution < -0.4 is 10.0 Å². The van der Waals surface area contributed by atoms with Crippen molar-refractivity contribution >= 4 is 28.2 Å². The zero-order valence-electron chi connectivity index (χ0n) is 14.2. The number of nitrogens with one attached hydrogen (secondary N) is 2. The van der Waals surface area contributed by atoms with E-state index >= 15 is 0 Å². The first-order valence-electron chi connectivity index (χ1n) is 7.87. The first-order valence-corrected chi connectivity index (χ1v) is 9.36. The molecule has 0 radical (unpaired) electrons. The van der Waals surface area contributed by atoms with Gasteiger partial charge in [-0.2, -0.15) is 0 Å². The molecule has 0 heterocycles. The Morgan fingerprint density at radius 1 is 1.04 bits per heavy atom. The predicted octanol–water partition coefficient (Wildman–Crippen LogP) is 2.62. The lowest BCUT2D eigenvalue weighted by Crippen LogP contribution is -2.39. The van der Waals surface area contributed by atoms with Crippen molar-refractivity contribution in [2.45, 2.75) is 24.8 Å². The monoisotopic (exact) mass is 382 g/mol. The van der Waals surface area contributed by atoms with E-state index in [0.29, 0.717) is 5.56 Å². The second-order valence-corrected chi connectivity index (χ2v) is 7.24. The minimum atomic E-state index is -3.77. The molecule has 0 aliphatic carbocycles. The average molecular weight is 383 g/mol. The maximum absolute atomic E-state index is 12.6. The van der Waals surface area contributed by atoms with Crippen LogP contribution in [0.3, 0.4) is 0 Å². The minimum absolute atomic E-state index is 0. The fourth-order valence-corrected chi connectivity index (χ4v) is 3.70. The summed E-state index contributed by atoms with van der Waals surface area (Å²) in [4.78, 5) is 12.7. The third-order valence-corrected chi connectivity index (χ3v) is 5.07. The molecule has 0 fully saturated rings. The van der Waals surface area contributed by atoms with Crippen LogP contribution in [0, 0.1) is 0 Å². The molecule has 0 aromatic heterocycles. The number of halogens is 1. The zero-order valence-corrected chi connectivity index (χ0v) is 15.9. The molecule has 2 aromatic carbocycles. The molecule has 0 bridgehead atoms. The van der Waals surface area contributed by atoms with Gasteiger partial charge in [-0.15, -0.1) is 12.4 Å². The number of carbonyl (C=O) groups excluding carboxylic acids is 1. The van der Waals surface area contributed by atoms with Gasteiger partial charge in [0.2, 0.25) is 10.0 Å². The second-order valence-electron chi connectivity index (χ2n) is 5.50. The third kappa shape index (κ3) is 5.64. The Hall–Kier alpha value is -1.73. The fraction of sp³-hybridized carbons (Fsp3) is 0.278. The van der Waals surface area contributed by atoms with Gasteiger partial charge >= 0.3 is 0 Å². The minimum Gasteiger partial charge on any atom is -0.313 e. The van der Waals surface area contributed by atoms with E-state index in [1.54, 1.807) is 36.4 Å². The SMILES string of the molecule is CCN[C@H](C)CNS(=O)(=O)c1ccccc1C(=O)c1ccccc1.Cl. The molecule has 5 nitrogen and oxygen atoms in total. The Morgan fingerprint density at radius 3 is 2.28 bits per heavy atom. The number of hydrogen-bond acceptors (Lipinski definition) is 4. The third-order valence-electron chi connectivity index (χ3n) is 3.59. The molecule has 0 saturated heterocycles. The lowest BCUT2D eigenvalue weighted by molar-refractivity contribution is 0.103. The number of likely N-dealkylation sites (N-methyl/N-ethyl adjacent to an activating group) is 1. The number of ketones is 1. The summed E-state index contributed by atoms with van der Waals surface area (Å²) in [5.41, 5.74) is 0.633. The topological polar surface area (TPSA) is 75.3 Å². The molecule has 0 aliphatic heterocycles. The van der Waals surface area contributed by atoms with E-state index in [4.69, 9.17) is 0 Å². The summed E-state index contributed by atoms with van der Waals surface area (Å²) in [5, 5.41) is 3.14. The van der Waals surface area contributed by atoms with Gasteiger partial charge in [-0.3, -0.25) is 4.79 Å². The Kier molecular flexibility index (Phi) is 8.25. The molecule has 0 saturated carbocycles. The lowest BCUT2D eigenvalue weighted by atomic mass is 10.0. The van der Waals surface area contributed by atoms with Gasteiger partial charge in [0.05, 0.1) is 4.90 Å². The van der Waals surface area contributed by atoms with E-state index in [1.165, 1.54) is 12.1 Å². The number of carbonyl (C=O) groups is 1.